The predicted octanol–water partition coefficient (Wildman–Crippen LogP) is 1.94. The Balaban J connectivity index is 2.18. The molecule has 0 aliphatic rings. The van der Waals surface area contributed by atoms with Crippen LogP contribution >= 0.6 is 0 Å². The van der Waals surface area contributed by atoms with Gasteiger partial charge < -0.3 is 10.1 Å². The molecule has 0 atom stereocenters. The molecule has 2 aromatic heterocycles. The second-order valence-corrected chi connectivity index (χ2v) is 4.26. The van der Waals surface area contributed by atoms with E-state index in [-0.39, 0.29) is 0 Å². The molecule has 5 heteroatoms. The second-order valence-electron chi connectivity index (χ2n) is 4.26. The number of pyridine rings is 1. The lowest BCUT2D eigenvalue weighted by Crippen LogP contribution is -2.05. The minimum Gasteiger partial charge on any atom is -0.435 e. The van der Waals surface area contributed by atoms with Crippen molar-refractivity contribution in [2.24, 2.45) is 7.05 Å². The van der Waals surface area contributed by atoms with Crippen LogP contribution in [0.15, 0.2) is 18.3 Å². The Hall–Kier alpha value is -1.88. The molecule has 0 saturated heterocycles. The van der Waals surface area contributed by atoms with Gasteiger partial charge in [-0.15, -0.1) is 0 Å². The van der Waals surface area contributed by atoms with Crippen molar-refractivity contribution in [1.29, 1.82) is 0 Å². The van der Waals surface area contributed by atoms with Crippen molar-refractivity contribution < 1.29 is 4.74 Å². The lowest BCUT2D eigenvalue weighted by molar-refractivity contribution is 0.454. The zero-order chi connectivity index (χ0) is 13.1. The van der Waals surface area contributed by atoms with Crippen LogP contribution in [0.3, 0.4) is 0 Å². The molecule has 0 aromatic carbocycles. The first-order valence-corrected chi connectivity index (χ1v) is 5.89. The molecule has 0 aliphatic heterocycles. The summed E-state index contributed by atoms with van der Waals surface area (Å²) < 4.78 is 7.58. The Morgan fingerprint density at radius 1 is 1.33 bits per heavy atom. The van der Waals surface area contributed by atoms with Crippen molar-refractivity contribution in [3.8, 4) is 11.6 Å². The Labute approximate surface area is 107 Å². The van der Waals surface area contributed by atoms with Gasteiger partial charge in [0, 0.05) is 25.9 Å². The molecule has 0 fully saturated rings. The van der Waals surface area contributed by atoms with Crippen molar-refractivity contribution in [1.82, 2.24) is 20.1 Å². The highest BCUT2D eigenvalue weighted by molar-refractivity contribution is 5.35. The predicted molar refractivity (Wildman–Crippen MR) is 69.8 cm³/mol. The minimum atomic E-state index is 0.592. The zero-order valence-corrected chi connectivity index (χ0v) is 11.2. The van der Waals surface area contributed by atoms with Gasteiger partial charge in [-0.05, 0) is 26.5 Å². The monoisotopic (exact) mass is 246 g/mol. The van der Waals surface area contributed by atoms with E-state index in [9.17, 15) is 0 Å². The van der Waals surface area contributed by atoms with Crippen LogP contribution in [0.1, 0.15) is 17.0 Å². The first-order chi connectivity index (χ1) is 8.61. The SMILES string of the molecule is CNCc1ccc(Oc2c(C)nn(C)c2C)nc1. The highest BCUT2D eigenvalue weighted by atomic mass is 16.5. The molecule has 2 heterocycles. The number of aromatic nitrogens is 3. The molecule has 18 heavy (non-hydrogen) atoms. The molecule has 0 aliphatic carbocycles. The van der Waals surface area contributed by atoms with E-state index >= 15 is 0 Å². The van der Waals surface area contributed by atoms with Crippen molar-refractivity contribution in [3.05, 3.63) is 35.3 Å². The first-order valence-electron chi connectivity index (χ1n) is 5.89. The van der Waals surface area contributed by atoms with Crippen LogP contribution in [0.5, 0.6) is 11.6 Å². The fraction of sp³-hybridized carbons (Fsp3) is 0.385. The molecule has 2 aromatic rings. The summed E-state index contributed by atoms with van der Waals surface area (Å²) in [5.74, 6) is 1.38. The van der Waals surface area contributed by atoms with Gasteiger partial charge in [0.05, 0.1) is 5.69 Å². The average Bonchev–Trinajstić information content (AvgIpc) is 2.59. The summed E-state index contributed by atoms with van der Waals surface area (Å²) in [7, 11) is 3.81. The van der Waals surface area contributed by atoms with Gasteiger partial charge in [0.1, 0.15) is 5.69 Å². The van der Waals surface area contributed by atoms with Gasteiger partial charge in [0.2, 0.25) is 5.88 Å². The van der Waals surface area contributed by atoms with E-state index in [1.165, 1.54) is 0 Å². The van der Waals surface area contributed by atoms with E-state index in [0.717, 1.165) is 29.2 Å². The van der Waals surface area contributed by atoms with Gasteiger partial charge in [0.25, 0.3) is 0 Å². The highest BCUT2D eigenvalue weighted by Crippen LogP contribution is 2.26. The number of hydrogen-bond acceptors (Lipinski definition) is 4. The number of nitrogens with one attached hydrogen (secondary N) is 1. The molecule has 0 bridgehead atoms. The van der Waals surface area contributed by atoms with Crippen LogP contribution in [0.2, 0.25) is 0 Å². The fourth-order valence-corrected chi connectivity index (χ4v) is 1.79. The molecule has 0 radical (unpaired) electrons. The Bertz CT molecular complexity index is 531. The smallest absolute Gasteiger partial charge is 0.219 e. The quantitative estimate of drug-likeness (QED) is 0.895. The van der Waals surface area contributed by atoms with E-state index < -0.39 is 0 Å². The van der Waals surface area contributed by atoms with E-state index in [1.807, 2.05) is 46.3 Å². The van der Waals surface area contributed by atoms with Gasteiger partial charge >= 0.3 is 0 Å². The van der Waals surface area contributed by atoms with E-state index in [1.54, 1.807) is 4.68 Å². The third-order valence-electron chi connectivity index (χ3n) is 2.83. The zero-order valence-electron chi connectivity index (χ0n) is 11.2. The number of hydrogen-bond donors (Lipinski definition) is 1. The van der Waals surface area contributed by atoms with Gasteiger partial charge in [-0.25, -0.2) is 4.98 Å². The summed E-state index contributed by atoms with van der Waals surface area (Å²) in [6.45, 7) is 4.71. The minimum absolute atomic E-state index is 0.592. The maximum atomic E-state index is 5.78. The van der Waals surface area contributed by atoms with Gasteiger partial charge in [0.15, 0.2) is 5.75 Å². The Kier molecular flexibility index (Phi) is 3.62. The maximum absolute atomic E-state index is 5.78. The standard InChI is InChI=1S/C13H18N4O/c1-9-13(10(2)17(4)16-9)18-12-6-5-11(7-14-3)8-15-12/h5-6,8,14H,7H2,1-4H3. The lowest BCUT2D eigenvalue weighted by Gasteiger charge is -2.06. The van der Waals surface area contributed by atoms with Gasteiger partial charge in [-0.3, -0.25) is 4.68 Å². The molecule has 0 amide bonds. The molecule has 5 nitrogen and oxygen atoms in total. The first kappa shape index (κ1) is 12.6. The molecule has 0 spiro atoms. The third kappa shape index (κ3) is 2.51. The average molecular weight is 246 g/mol. The van der Waals surface area contributed by atoms with Gasteiger partial charge in [-0.1, -0.05) is 6.07 Å². The molecular weight excluding hydrogens is 228 g/mol. The third-order valence-corrected chi connectivity index (χ3v) is 2.83. The maximum Gasteiger partial charge on any atom is 0.219 e. The number of rotatable bonds is 4. The van der Waals surface area contributed by atoms with Gasteiger partial charge in [-0.2, -0.15) is 5.10 Å². The van der Waals surface area contributed by atoms with Crippen LogP contribution in [-0.4, -0.2) is 21.8 Å². The van der Waals surface area contributed by atoms with E-state index in [0.29, 0.717) is 5.88 Å². The summed E-state index contributed by atoms with van der Waals surface area (Å²) in [5.41, 5.74) is 2.99. The summed E-state index contributed by atoms with van der Waals surface area (Å²) in [4.78, 5) is 4.28. The molecule has 96 valence electrons. The second kappa shape index (κ2) is 5.18. The summed E-state index contributed by atoms with van der Waals surface area (Å²) in [6.07, 6.45) is 1.81. The molecule has 0 unspecified atom stereocenters. The normalized spacial score (nSPS) is 10.7. The molecular formula is C13H18N4O. The summed E-state index contributed by atoms with van der Waals surface area (Å²) >= 11 is 0. The number of ether oxygens (including phenoxy) is 1. The topological polar surface area (TPSA) is 52.0 Å². The Morgan fingerprint density at radius 3 is 2.61 bits per heavy atom. The van der Waals surface area contributed by atoms with Crippen molar-refractivity contribution in [2.75, 3.05) is 7.05 Å². The van der Waals surface area contributed by atoms with Crippen molar-refractivity contribution >= 4 is 0 Å². The van der Waals surface area contributed by atoms with Crippen LogP contribution in [0.4, 0.5) is 0 Å². The lowest BCUT2D eigenvalue weighted by atomic mass is 10.3. The van der Waals surface area contributed by atoms with E-state index in [4.69, 9.17) is 4.74 Å². The van der Waals surface area contributed by atoms with Crippen LogP contribution in [-0.2, 0) is 13.6 Å². The molecule has 1 N–H and O–H groups in total. The van der Waals surface area contributed by atoms with Crippen LogP contribution < -0.4 is 10.1 Å². The van der Waals surface area contributed by atoms with E-state index in [2.05, 4.69) is 15.4 Å². The highest BCUT2D eigenvalue weighted by Gasteiger charge is 2.11. The van der Waals surface area contributed by atoms with Crippen molar-refractivity contribution in [2.45, 2.75) is 20.4 Å². The van der Waals surface area contributed by atoms with Crippen molar-refractivity contribution in [3.63, 3.8) is 0 Å². The van der Waals surface area contributed by atoms with Crippen LogP contribution in [0.25, 0.3) is 0 Å². The molecule has 2 rings (SSSR count). The Morgan fingerprint density at radius 2 is 2.11 bits per heavy atom. The summed E-state index contributed by atoms with van der Waals surface area (Å²) in [6, 6.07) is 3.87. The largest absolute Gasteiger partial charge is 0.435 e. The fourth-order valence-electron chi connectivity index (χ4n) is 1.79. The summed E-state index contributed by atoms with van der Waals surface area (Å²) in [5, 5.41) is 7.39. The number of aryl methyl sites for hydroxylation is 2. The molecule has 0 saturated carbocycles. The number of nitrogens with zero attached hydrogens (tertiary/aromatic N) is 3. The van der Waals surface area contributed by atoms with Crippen LogP contribution in [0, 0.1) is 13.8 Å².